The zero-order chi connectivity index (χ0) is 23.5. The molecule has 0 aliphatic heterocycles. The van der Waals surface area contributed by atoms with E-state index in [0.717, 1.165) is 23.2 Å². The van der Waals surface area contributed by atoms with E-state index in [1.165, 1.54) is 23.2 Å². The van der Waals surface area contributed by atoms with Gasteiger partial charge in [-0.3, -0.25) is 9.38 Å². The second-order valence-corrected chi connectivity index (χ2v) is 8.09. The van der Waals surface area contributed by atoms with Gasteiger partial charge in [0.2, 0.25) is 0 Å². The fourth-order valence-corrected chi connectivity index (χ4v) is 4.07. The molecule has 0 saturated heterocycles. The molecule has 34 heavy (non-hydrogen) atoms. The molecule has 4 aromatic heterocycles. The number of aromatic amines is 1. The summed E-state index contributed by atoms with van der Waals surface area (Å²) in [5.41, 5.74) is 5.96. The molecule has 0 saturated carbocycles. The monoisotopic (exact) mass is 456 g/mol. The van der Waals surface area contributed by atoms with Crippen molar-refractivity contribution in [2.24, 2.45) is 0 Å². The molecule has 0 fully saturated rings. The van der Waals surface area contributed by atoms with Crippen molar-refractivity contribution in [2.75, 3.05) is 25.6 Å². The lowest BCUT2D eigenvalue weighted by molar-refractivity contribution is 0.206. The molecule has 2 N–H and O–H groups in total. The van der Waals surface area contributed by atoms with Crippen LogP contribution in [0.15, 0.2) is 67.9 Å². The number of aromatic nitrogens is 5. The van der Waals surface area contributed by atoms with Gasteiger partial charge in [-0.1, -0.05) is 24.8 Å². The lowest BCUT2D eigenvalue weighted by atomic mass is 10.1. The van der Waals surface area contributed by atoms with E-state index in [1.54, 1.807) is 19.5 Å². The molecule has 0 aliphatic rings. The van der Waals surface area contributed by atoms with Gasteiger partial charge in [-0.15, -0.1) is 0 Å². The summed E-state index contributed by atoms with van der Waals surface area (Å²) in [6.45, 7) is 5.42. The Morgan fingerprint density at radius 3 is 2.97 bits per heavy atom. The average Bonchev–Trinajstić information content (AvgIpc) is 3.47. The highest BCUT2D eigenvalue weighted by molar-refractivity contribution is 5.83. The van der Waals surface area contributed by atoms with Crippen molar-refractivity contribution < 1.29 is 9.13 Å². The van der Waals surface area contributed by atoms with Gasteiger partial charge in [-0.2, -0.15) is 0 Å². The second kappa shape index (κ2) is 9.44. The topological polar surface area (TPSA) is 80.1 Å². The van der Waals surface area contributed by atoms with Crippen LogP contribution >= 0.6 is 0 Å². The Morgan fingerprint density at radius 1 is 1.24 bits per heavy atom. The van der Waals surface area contributed by atoms with Crippen molar-refractivity contribution in [2.45, 2.75) is 12.8 Å². The van der Waals surface area contributed by atoms with Gasteiger partial charge in [0.1, 0.15) is 5.82 Å². The number of rotatable bonds is 9. The summed E-state index contributed by atoms with van der Waals surface area (Å²) >= 11 is 0. The standard InChI is InChI=1S/C26H25FN6O/c1-17(8-10-34-2)24-15-31-26-25(29-9-7-18-13-30-22-6-4-3-5-21(18)22)32-23(16-33(24)26)19-11-20(27)14-28-12-19/h3-6,11-16,30H,1,7-10H2,2H3,(H,29,32). The highest BCUT2D eigenvalue weighted by Crippen LogP contribution is 2.27. The maximum Gasteiger partial charge on any atom is 0.180 e. The molecule has 5 rings (SSSR count). The number of benzene rings is 1. The summed E-state index contributed by atoms with van der Waals surface area (Å²) in [5, 5.41) is 4.64. The zero-order valence-corrected chi connectivity index (χ0v) is 18.9. The first-order valence-corrected chi connectivity index (χ1v) is 11.1. The van der Waals surface area contributed by atoms with Crippen molar-refractivity contribution in [3.8, 4) is 11.3 Å². The van der Waals surface area contributed by atoms with Crippen LogP contribution in [0, 0.1) is 5.82 Å². The first kappa shape index (κ1) is 21.8. The number of hydrogen-bond acceptors (Lipinski definition) is 5. The lowest BCUT2D eigenvalue weighted by Crippen LogP contribution is -2.09. The first-order chi connectivity index (χ1) is 16.6. The van der Waals surface area contributed by atoms with Gasteiger partial charge in [0.25, 0.3) is 0 Å². The number of anilines is 1. The maximum absolute atomic E-state index is 13.9. The quantitative estimate of drug-likeness (QED) is 0.322. The summed E-state index contributed by atoms with van der Waals surface area (Å²) in [5.74, 6) is 0.205. The summed E-state index contributed by atoms with van der Waals surface area (Å²) < 4.78 is 21.0. The smallest absolute Gasteiger partial charge is 0.180 e. The van der Waals surface area contributed by atoms with Crippen molar-refractivity contribution in [1.29, 1.82) is 0 Å². The number of H-pyrrole nitrogens is 1. The Balaban J connectivity index is 1.49. The Morgan fingerprint density at radius 2 is 2.12 bits per heavy atom. The van der Waals surface area contributed by atoms with E-state index in [0.29, 0.717) is 42.3 Å². The van der Waals surface area contributed by atoms with Crippen LogP contribution < -0.4 is 5.32 Å². The highest BCUT2D eigenvalue weighted by atomic mass is 19.1. The molecule has 0 amide bonds. The molecule has 0 spiro atoms. The second-order valence-electron chi connectivity index (χ2n) is 8.09. The number of fused-ring (bicyclic) bond motifs is 2. The number of para-hydroxylation sites is 1. The van der Waals surface area contributed by atoms with Crippen LogP contribution in [-0.2, 0) is 11.2 Å². The van der Waals surface area contributed by atoms with E-state index in [4.69, 9.17) is 9.72 Å². The van der Waals surface area contributed by atoms with Gasteiger partial charge in [0.05, 0.1) is 30.4 Å². The third-order valence-corrected chi connectivity index (χ3v) is 5.82. The Hall–Kier alpha value is -4.04. The average molecular weight is 457 g/mol. The molecule has 4 heterocycles. The molecule has 0 aliphatic carbocycles. The minimum absolute atomic E-state index is 0.413. The number of halogens is 1. The van der Waals surface area contributed by atoms with Gasteiger partial charge in [0, 0.05) is 48.7 Å². The molecule has 0 radical (unpaired) electrons. The van der Waals surface area contributed by atoms with E-state index in [9.17, 15) is 4.39 Å². The van der Waals surface area contributed by atoms with Crippen LogP contribution in [0.5, 0.6) is 0 Å². The van der Waals surface area contributed by atoms with Gasteiger partial charge in [-0.25, -0.2) is 14.4 Å². The third kappa shape index (κ3) is 4.27. The predicted octanol–water partition coefficient (Wildman–Crippen LogP) is 5.12. The molecule has 0 atom stereocenters. The Labute approximate surface area is 196 Å². The number of pyridine rings is 1. The van der Waals surface area contributed by atoms with E-state index in [1.807, 2.05) is 28.9 Å². The number of nitrogens with one attached hydrogen (secondary N) is 2. The highest BCUT2D eigenvalue weighted by Gasteiger charge is 2.15. The molecular weight excluding hydrogens is 431 g/mol. The van der Waals surface area contributed by atoms with Gasteiger partial charge in [0.15, 0.2) is 11.5 Å². The van der Waals surface area contributed by atoms with Crippen LogP contribution in [0.25, 0.3) is 33.4 Å². The Kier molecular flexibility index (Phi) is 6.05. The number of ether oxygens (including phenoxy) is 1. The fourth-order valence-electron chi connectivity index (χ4n) is 4.07. The van der Waals surface area contributed by atoms with Gasteiger partial charge in [-0.05, 0) is 36.1 Å². The van der Waals surface area contributed by atoms with Crippen molar-refractivity contribution in [1.82, 2.24) is 24.3 Å². The molecule has 1 aromatic carbocycles. The molecule has 0 bridgehead atoms. The maximum atomic E-state index is 13.9. The van der Waals surface area contributed by atoms with Crippen molar-refractivity contribution in [3.05, 3.63) is 85.0 Å². The summed E-state index contributed by atoms with van der Waals surface area (Å²) in [6, 6.07) is 9.66. The van der Waals surface area contributed by atoms with Gasteiger partial charge >= 0.3 is 0 Å². The van der Waals surface area contributed by atoms with E-state index < -0.39 is 5.82 Å². The molecule has 7 nitrogen and oxygen atoms in total. The number of nitrogens with zero attached hydrogens (tertiary/aromatic N) is 4. The van der Waals surface area contributed by atoms with Crippen molar-refractivity contribution >= 4 is 27.9 Å². The van der Waals surface area contributed by atoms with Crippen LogP contribution in [0.1, 0.15) is 17.7 Å². The summed E-state index contributed by atoms with van der Waals surface area (Å²) in [6.07, 6.45) is 9.92. The zero-order valence-electron chi connectivity index (χ0n) is 18.9. The van der Waals surface area contributed by atoms with Crippen LogP contribution in [0.3, 0.4) is 0 Å². The molecule has 5 aromatic rings. The minimum Gasteiger partial charge on any atom is -0.384 e. The minimum atomic E-state index is -0.413. The Bertz CT molecular complexity index is 1470. The molecular formula is C26H25FN6O. The lowest BCUT2D eigenvalue weighted by Gasteiger charge is -2.12. The first-order valence-electron chi connectivity index (χ1n) is 11.1. The number of imidazole rings is 1. The molecule has 0 unspecified atom stereocenters. The predicted molar refractivity (Wildman–Crippen MR) is 132 cm³/mol. The number of methoxy groups -OCH3 is 1. The summed E-state index contributed by atoms with van der Waals surface area (Å²) in [4.78, 5) is 16.7. The molecule has 8 heteroatoms. The third-order valence-electron chi connectivity index (χ3n) is 5.82. The molecule has 172 valence electrons. The van der Waals surface area contributed by atoms with E-state index in [-0.39, 0.29) is 0 Å². The van der Waals surface area contributed by atoms with Crippen molar-refractivity contribution in [3.63, 3.8) is 0 Å². The van der Waals surface area contributed by atoms with Gasteiger partial charge < -0.3 is 15.0 Å². The normalized spacial score (nSPS) is 11.4. The van der Waals surface area contributed by atoms with E-state index in [2.05, 4.69) is 39.0 Å². The fraction of sp³-hybridized carbons (Fsp3) is 0.192. The number of hydrogen-bond donors (Lipinski definition) is 2. The SMILES string of the molecule is C=C(CCOC)c1cnc2c(NCCc3c[nH]c4ccccc34)nc(-c3cncc(F)c3)cn12. The van der Waals surface area contributed by atoms with E-state index >= 15 is 0 Å². The largest absolute Gasteiger partial charge is 0.384 e. The van der Waals surface area contributed by atoms with Crippen LogP contribution in [-0.4, -0.2) is 44.6 Å². The summed E-state index contributed by atoms with van der Waals surface area (Å²) in [7, 11) is 1.66. The van der Waals surface area contributed by atoms with Crippen LogP contribution in [0.2, 0.25) is 0 Å². The van der Waals surface area contributed by atoms with Crippen LogP contribution in [0.4, 0.5) is 10.2 Å².